The van der Waals surface area contributed by atoms with Gasteiger partial charge in [0.25, 0.3) is 0 Å². The molecule has 4 nitrogen and oxygen atoms in total. The molecule has 1 saturated heterocycles. The molecule has 0 aromatic carbocycles. The van der Waals surface area contributed by atoms with Gasteiger partial charge in [-0.2, -0.15) is 0 Å². The number of ether oxygens (including phenoxy) is 1. The molecule has 1 heterocycles. The van der Waals surface area contributed by atoms with Crippen molar-refractivity contribution in [3.8, 4) is 0 Å². The number of piperidine rings is 1. The summed E-state index contributed by atoms with van der Waals surface area (Å²) in [5.74, 6) is 0.699. The summed E-state index contributed by atoms with van der Waals surface area (Å²) in [6.07, 6.45) is 2.36. The fourth-order valence-corrected chi connectivity index (χ4v) is 2.51. The fraction of sp³-hybridized carbons (Fsp3) is 1.00. The summed E-state index contributed by atoms with van der Waals surface area (Å²) in [5.41, 5.74) is -0.641. The maximum Gasteiger partial charge on any atom is 0.0869 e. The van der Waals surface area contributed by atoms with E-state index < -0.39 is 5.60 Å². The van der Waals surface area contributed by atoms with E-state index >= 15 is 0 Å². The van der Waals surface area contributed by atoms with Crippen LogP contribution in [0.15, 0.2) is 0 Å². The summed E-state index contributed by atoms with van der Waals surface area (Å²) in [6.45, 7) is 10.6. The van der Waals surface area contributed by atoms with Crippen LogP contribution in [0.3, 0.4) is 0 Å². The zero-order valence-corrected chi connectivity index (χ0v) is 12.4. The highest BCUT2D eigenvalue weighted by atomic mass is 16.5. The van der Waals surface area contributed by atoms with Crippen LogP contribution in [0.2, 0.25) is 0 Å². The maximum atomic E-state index is 10.4. The molecule has 1 rings (SSSR count). The fourth-order valence-electron chi connectivity index (χ4n) is 2.51. The number of methoxy groups -OCH3 is 1. The molecule has 2 N–H and O–H groups in total. The standard InChI is InChI=1S/C14H30N2O2/c1-12(2)15-10-14(3,17)11-16-7-5-13(6-8-16)9-18-4/h12-13,15,17H,5-11H2,1-4H3. The minimum atomic E-state index is -0.641. The Morgan fingerprint density at radius 2 is 2.00 bits per heavy atom. The Labute approximate surface area is 112 Å². The van der Waals surface area contributed by atoms with Gasteiger partial charge in [-0.25, -0.2) is 0 Å². The molecule has 0 bridgehead atoms. The molecule has 0 saturated carbocycles. The van der Waals surface area contributed by atoms with E-state index in [4.69, 9.17) is 4.74 Å². The molecular weight excluding hydrogens is 228 g/mol. The second-order valence-corrected chi connectivity index (χ2v) is 6.21. The number of β-amino-alcohol motifs (C(OH)–C–C–N with tert-alkyl or cyclic N) is 1. The van der Waals surface area contributed by atoms with Gasteiger partial charge in [0.2, 0.25) is 0 Å². The highest BCUT2D eigenvalue weighted by molar-refractivity contribution is 4.83. The second-order valence-electron chi connectivity index (χ2n) is 6.21. The van der Waals surface area contributed by atoms with E-state index in [-0.39, 0.29) is 0 Å². The van der Waals surface area contributed by atoms with Crippen molar-refractivity contribution in [3.63, 3.8) is 0 Å². The molecular formula is C14H30N2O2. The van der Waals surface area contributed by atoms with Gasteiger partial charge in [-0.05, 0) is 38.8 Å². The average molecular weight is 258 g/mol. The molecule has 108 valence electrons. The van der Waals surface area contributed by atoms with Crippen molar-refractivity contribution in [2.24, 2.45) is 5.92 Å². The van der Waals surface area contributed by atoms with Gasteiger partial charge < -0.3 is 20.1 Å². The highest BCUT2D eigenvalue weighted by Crippen LogP contribution is 2.19. The highest BCUT2D eigenvalue weighted by Gasteiger charge is 2.27. The van der Waals surface area contributed by atoms with Gasteiger partial charge in [-0.15, -0.1) is 0 Å². The number of nitrogens with zero attached hydrogens (tertiary/aromatic N) is 1. The largest absolute Gasteiger partial charge is 0.388 e. The molecule has 4 heteroatoms. The Morgan fingerprint density at radius 1 is 1.39 bits per heavy atom. The maximum absolute atomic E-state index is 10.4. The Hall–Kier alpha value is -0.160. The number of likely N-dealkylation sites (tertiary alicyclic amines) is 1. The molecule has 1 unspecified atom stereocenters. The molecule has 1 atom stereocenters. The summed E-state index contributed by atoms with van der Waals surface area (Å²) >= 11 is 0. The Bertz CT molecular complexity index is 224. The van der Waals surface area contributed by atoms with Crippen LogP contribution < -0.4 is 5.32 Å². The molecule has 18 heavy (non-hydrogen) atoms. The molecule has 1 fully saturated rings. The van der Waals surface area contributed by atoms with Crippen molar-refractivity contribution in [2.75, 3.05) is 39.9 Å². The predicted molar refractivity (Wildman–Crippen MR) is 74.8 cm³/mol. The molecule has 0 amide bonds. The lowest BCUT2D eigenvalue weighted by molar-refractivity contribution is 0.00370. The van der Waals surface area contributed by atoms with Gasteiger partial charge in [0.1, 0.15) is 0 Å². The Kier molecular flexibility index (Phi) is 6.57. The quantitative estimate of drug-likeness (QED) is 0.717. The number of hydrogen-bond donors (Lipinski definition) is 2. The van der Waals surface area contributed by atoms with Crippen LogP contribution in [0.4, 0.5) is 0 Å². The second kappa shape index (κ2) is 7.43. The topological polar surface area (TPSA) is 44.7 Å². The van der Waals surface area contributed by atoms with Crippen LogP contribution in [-0.4, -0.2) is 61.5 Å². The van der Waals surface area contributed by atoms with Crippen LogP contribution in [0.1, 0.15) is 33.6 Å². The average Bonchev–Trinajstić information content (AvgIpc) is 2.29. The lowest BCUT2D eigenvalue weighted by atomic mass is 9.96. The lowest BCUT2D eigenvalue weighted by Crippen LogP contribution is -2.50. The Balaban J connectivity index is 2.26. The van der Waals surface area contributed by atoms with E-state index in [0.29, 0.717) is 18.5 Å². The summed E-state index contributed by atoms with van der Waals surface area (Å²) < 4.78 is 5.20. The first-order chi connectivity index (χ1) is 8.43. The van der Waals surface area contributed by atoms with Gasteiger partial charge in [0.15, 0.2) is 0 Å². The van der Waals surface area contributed by atoms with Gasteiger partial charge >= 0.3 is 0 Å². The van der Waals surface area contributed by atoms with E-state index in [9.17, 15) is 5.11 Å². The van der Waals surface area contributed by atoms with Crippen LogP contribution in [0.5, 0.6) is 0 Å². The Morgan fingerprint density at radius 3 is 2.50 bits per heavy atom. The van der Waals surface area contributed by atoms with E-state index in [2.05, 4.69) is 24.1 Å². The van der Waals surface area contributed by atoms with Gasteiger partial charge in [0, 0.05) is 32.8 Å². The monoisotopic (exact) mass is 258 g/mol. The molecule has 1 aliphatic rings. The molecule has 0 spiro atoms. The molecule has 0 aliphatic carbocycles. The van der Waals surface area contributed by atoms with Crippen LogP contribution in [-0.2, 0) is 4.74 Å². The van der Waals surface area contributed by atoms with E-state index in [1.807, 2.05) is 6.92 Å². The van der Waals surface area contributed by atoms with Crippen molar-refractivity contribution in [3.05, 3.63) is 0 Å². The first-order valence-corrected chi connectivity index (χ1v) is 7.10. The minimum Gasteiger partial charge on any atom is -0.388 e. The smallest absolute Gasteiger partial charge is 0.0869 e. The zero-order chi connectivity index (χ0) is 13.6. The van der Waals surface area contributed by atoms with Crippen LogP contribution in [0.25, 0.3) is 0 Å². The third kappa shape index (κ3) is 6.14. The summed E-state index contributed by atoms with van der Waals surface area (Å²) in [4.78, 5) is 2.37. The van der Waals surface area contributed by atoms with Gasteiger partial charge in [0.05, 0.1) is 5.60 Å². The molecule has 0 radical (unpaired) electrons. The van der Waals surface area contributed by atoms with Crippen molar-refractivity contribution in [1.82, 2.24) is 10.2 Å². The van der Waals surface area contributed by atoms with Crippen molar-refractivity contribution in [2.45, 2.75) is 45.3 Å². The van der Waals surface area contributed by atoms with Crippen LogP contribution >= 0.6 is 0 Å². The molecule has 0 aromatic rings. The lowest BCUT2D eigenvalue weighted by Gasteiger charge is -2.36. The number of hydrogen-bond acceptors (Lipinski definition) is 4. The van der Waals surface area contributed by atoms with Crippen molar-refractivity contribution >= 4 is 0 Å². The first kappa shape index (κ1) is 15.9. The van der Waals surface area contributed by atoms with Gasteiger partial charge in [-0.3, -0.25) is 0 Å². The SMILES string of the molecule is COCC1CCN(CC(C)(O)CNC(C)C)CC1. The van der Waals surface area contributed by atoms with E-state index in [1.54, 1.807) is 7.11 Å². The third-order valence-corrected chi connectivity index (χ3v) is 3.56. The van der Waals surface area contributed by atoms with Gasteiger partial charge in [-0.1, -0.05) is 13.8 Å². The van der Waals surface area contributed by atoms with E-state index in [1.165, 1.54) is 12.8 Å². The first-order valence-electron chi connectivity index (χ1n) is 7.10. The molecule has 0 aromatic heterocycles. The molecule has 1 aliphatic heterocycles. The van der Waals surface area contributed by atoms with E-state index in [0.717, 1.165) is 26.2 Å². The minimum absolute atomic E-state index is 0.420. The summed E-state index contributed by atoms with van der Waals surface area (Å²) in [5, 5.41) is 13.7. The summed E-state index contributed by atoms with van der Waals surface area (Å²) in [6, 6.07) is 0.420. The number of nitrogens with one attached hydrogen (secondary N) is 1. The third-order valence-electron chi connectivity index (χ3n) is 3.56. The number of rotatable bonds is 7. The summed E-state index contributed by atoms with van der Waals surface area (Å²) in [7, 11) is 1.77. The normalized spacial score (nSPS) is 22.3. The van der Waals surface area contributed by atoms with Crippen molar-refractivity contribution < 1.29 is 9.84 Å². The van der Waals surface area contributed by atoms with Crippen LogP contribution in [0, 0.1) is 5.92 Å². The van der Waals surface area contributed by atoms with Crippen molar-refractivity contribution in [1.29, 1.82) is 0 Å². The number of aliphatic hydroxyl groups is 1. The predicted octanol–water partition coefficient (Wildman–Crippen LogP) is 1.09. The zero-order valence-electron chi connectivity index (χ0n) is 12.4.